The molecular formula is C18H17FN2O. The van der Waals surface area contributed by atoms with Crippen molar-refractivity contribution >= 4 is 11.0 Å². The molecule has 0 bridgehead atoms. The van der Waals surface area contributed by atoms with Crippen LogP contribution in [-0.4, -0.2) is 9.97 Å². The highest BCUT2D eigenvalue weighted by atomic mass is 19.1. The average Bonchev–Trinajstić information content (AvgIpc) is 2.92. The lowest BCUT2D eigenvalue weighted by atomic mass is 10.1. The molecule has 0 radical (unpaired) electrons. The Kier molecular flexibility index (Phi) is 3.92. The number of rotatable bonds is 5. The Morgan fingerprint density at radius 3 is 2.95 bits per heavy atom. The van der Waals surface area contributed by atoms with E-state index in [4.69, 9.17) is 4.74 Å². The highest BCUT2D eigenvalue weighted by Crippen LogP contribution is 2.26. The Bertz CT molecular complexity index is 810. The van der Waals surface area contributed by atoms with Gasteiger partial charge in [0.2, 0.25) is 0 Å². The van der Waals surface area contributed by atoms with Gasteiger partial charge >= 0.3 is 0 Å². The summed E-state index contributed by atoms with van der Waals surface area (Å²) in [5.74, 6) is 1.20. The molecule has 0 saturated heterocycles. The van der Waals surface area contributed by atoms with Gasteiger partial charge in [0, 0.05) is 0 Å². The minimum absolute atomic E-state index is 0.263. The minimum atomic E-state index is -0.285. The van der Waals surface area contributed by atoms with E-state index in [1.807, 2.05) is 37.3 Å². The van der Waals surface area contributed by atoms with Crippen LogP contribution >= 0.6 is 0 Å². The molecule has 1 N–H and O–H groups in total. The molecule has 0 spiro atoms. The van der Waals surface area contributed by atoms with Gasteiger partial charge < -0.3 is 9.72 Å². The summed E-state index contributed by atoms with van der Waals surface area (Å²) in [5, 5.41) is 0. The van der Waals surface area contributed by atoms with Crippen molar-refractivity contribution in [2.45, 2.75) is 19.4 Å². The number of aromatic nitrogens is 2. The van der Waals surface area contributed by atoms with Crippen molar-refractivity contribution in [1.29, 1.82) is 0 Å². The Morgan fingerprint density at radius 2 is 2.14 bits per heavy atom. The Balaban J connectivity index is 1.86. The smallest absolute Gasteiger partial charge is 0.153 e. The van der Waals surface area contributed by atoms with Crippen molar-refractivity contribution in [3.8, 4) is 5.75 Å². The van der Waals surface area contributed by atoms with Crippen LogP contribution in [-0.2, 0) is 6.42 Å². The van der Waals surface area contributed by atoms with Crippen LogP contribution in [0.1, 0.15) is 24.4 Å². The van der Waals surface area contributed by atoms with Gasteiger partial charge in [0.1, 0.15) is 17.4 Å². The summed E-state index contributed by atoms with van der Waals surface area (Å²) < 4.78 is 19.3. The number of benzene rings is 2. The largest absolute Gasteiger partial charge is 0.483 e. The van der Waals surface area contributed by atoms with Crippen LogP contribution in [0.25, 0.3) is 11.0 Å². The fraction of sp³-hybridized carbons (Fsp3) is 0.167. The fourth-order valence-corrected chi connectivity index (χ4v) is 2.38. The lowest BCUT2D eigenvalue weighted by molar-refractivity contribution is 0.216. The lowest BCUT2D eigenvalue weighted by Crippen LogP contribution is -2.06. The molecule has 3 rings (SSSR count). The number of para-hydroxylation sites is 1. The molecule has 112 valence electrons. The van der Waals surface area contributed by atoms with Crippen molar-refractivity contribution in [2.75, 3.05) is 0 Å². The number of allylic oxidation sites excluding steroid dienone is 1. The number of hydrogen-bond acceptors (Lipinski definition) is 2. The summed E-state index contributed by atoms with van der Waals surface area (Å²) in [6.45, 7) is 5.68. The molecule has 0 aliphatic carbocycles. The van der Waals surface area contributed by atoms with Crippen molar-refractivity contribution in [1.82, 2.24) is 9.97 Å². The van der Waals surface area contributed by atoms with E-state index in [2.05, 4.69) is 16.5 Å². The summed E-state index contributed by atoms with van der Waals surface area (Å²) in [6.07, 6.45) is 2.33. The third kappa shape index (κ3) is 2.86. The first-order valence-corrected chi connectivity index (χ1v) is 7.18. The maximum absolute atomic E-state index is 13.2. The molecule has 2 aromatic carbocycles. The molecule has 1 aromatic heterocycles. The van der Waals surface area contributed by atoms with Crippen molar-refractivity contribution in [3.05, 3.63) is 72.3 Å². The van der Waals surface area contributed by atoms with Gasteiger partial charge in [0.15, 0.2) is 6.10 Å². The molecule has 3 nitrogen and oxygen atoms in total. The normalized spacial score (nSPS) is 12.3. The number of imidazole rings is 1. The minimum Gasteiger partial charge on any atom is -0.483 e. The third-order valence-corrected chi connectivity index (χ3v) is 3.49. The van der Waals surface area contributed by atoms with Crippen LogP contribution < -0.4 is 4.74 Å². The second-order valence-electron chi connectivity index (χ2n) is 5.14. The maximum atomic E-state index is 13.2. The monoisotopic (exact) mass is 296 g/mol. The number of halogens is 1. The zero-order chi connectivity index (χ0) is 15.5. The zero-order valence-corrected chi connectivity index (χ0v) is 12.3. The predicted octanol–water partition coefficient (Wildman–Crippen LogP) is 4.57. The van der Waals surface area contributed by atoms with Crippen LogP contribution in [0.3, 0.4) is 0 Å². The molecule has 0 aliphatic rings. The molecule has 1 unspecified atom stereocenters. The number of H-pyrrole nitrogens is 1. The molecule has 22 heavy (non-hydrogen) atoms. The third-order valence-electron chi connectivity index (χ3n) is 3.49. The Hall–Kier alpha value is -2.62. The first kappa shape index (κ1) is 14.3. The summed E-state index contributed by atoms with van der Waals surface area (Å²) in [7, 11) is 0. The summed E-state index contributed by atoms with van der Waals surface area (Å²) in [4.78, 5) is 7.57. The summed E-state index contributed by atoms with van der Waals surface area (Å²) in [5.41, 5.74) is 2.47. The highest BCUT2D eigenvalue weighted by molar-refractivity contribution is 5.75. The number of nitrogens with zero attached hydrogens (tertiary/aromatic N) is 1. The van der Waals surface area contributed by atoms with Crippen LogP contribution in [0, 0.1) is 5.82 Å². The van der Waals surface area contributed by atoms with Gasteiger partial charge in [-0.15, -0.1) is 6.58 Å². The first-order valence-electron chi connectivity index (χ1n) is 7.18. The zero-order valence-electron chi connectivity index (χ0n) is 12.3. The Morgan fingerprint density at radius 1 is 1.32 bits per heavy atom. The van der Waals surface area contributed by atoms with Gasteiger partial charge in [-0.25, -0.2) is 9.37 Å². The van der Waals surface area contributed by atoms with Gasteiger partial charge in [-0.1, -0.05) is 24.3 Å². The molecule has 1 atom stereocenters. The summed E-state index contributed by atoms with van der Waals surface area (Å²) in [6, 6.07) is 12.3. The van der Waals surface area contributed by atoms with E-state index in [-0.39, 0.29) is 11.9 Å². The van der Waals surface area contributed by atoms with Gasteiger partial charge in [0.05, 0.1) is 11.0 Å². The van der Waals surface area contributed by atoms with E-state index in [9.17, 15) is 4.39 Å². The van der Waals surface area contributed by atoms with Gasteiger partial charge in [0.25, 0.3) is 0 Å². The number of hydrogen-bond donors (Lipinski definition) is 1. The van der Waals surface area contributed by atoms with E-state index in [1.54, 1.807) is 6.07 Å². The van der Waals surface area contributed by atoms with Crippen LogP contribution in [0.5, 0.6) is 5.75 Å². The molecule has 3 aromatic rings. The second-order valence-corrected chi connectivity index (χ2v) is 5.14. The number of aromatic amines is 1. The van der Waals surface area contributed by atoms with Gasteiger partial charge in [-0.3, -0.25) is 0 Å². The Labute approximate surface area is 128 Å². The molecule has 1 heterocycles. The lowest BCUT2D eigenvalue weighted by Gasteiger charge is -2.15. The van der Waals surface area contributed by atoms with E-state index in [0.717, 1.165) is 23.3 Å². The average molecular weight is 296 g/mol. The summed E-state index contributed by atoms with van der Waals surface area (Å²) >= 11 is 0. The van der Waals surface area contributed by atoms with E-state index < -0.39 is 0 Å². The molecule has 0 amide bonds. The maximum Gasteiger partial charge on any atom is 0.153 e. The predicted molar refractivity (Wildman–Crippen MR) is 85.4 cm³/mol. The SMILES string of the molecule is C=CCc1ccccc1OC(C)c1nc2ccc(F)cc2[nH]1. The second kappa shape index (κ2) is 6.02. The first-order chi connectivity index (χ1) is 10.7. The molecule has 4 heteroatoms. The van der Waals surface area contributed by atoms with Gasteiger partial charge in [-0.05, 0) is 43.2 Å². The number of fused-ring (bicyclic) bond motifs is 1. The molecule has 0 saturated carbocycles. The van der Waals surface area contributed by atoms with Gasteiger partial charge in [-0.2, -0.15) is 0 Å². The topological polar surface area (TPSA) is 37.9 Å². The molecular weight excluding hydrogens is 279 g/mol. The van der Waals surface area contributed by atoms with Crippen molar-refractivity contribution in [3.63, 3.8) is 0 Å². The van der Waals surface area contributed by atoms with Crippen molar-refractivity contribution in [2.24, 2.45) is 0 Å². The van der Waals surface area contributed by atoms with E-state index in [0.29, 0.717) is 11.3 Å². The highest BCUT2D eigenvalue weighted by Gasteiger charge is 2.14. The standard InChI is InChI=1S/C18H17FN2O/c1-3-6-13-7-4-5-8-17(13)22-12(2)18-20-15-10-9-14(19)11-16(15)21-18/h3-5,7-12H,1,6H2,2H3,(H,20,21). The van der Waals surface area contributed by atoms with E-state index in [1.165, 1.54) is 12.1 Å². The fourth-order valence-electron chi connectivity index (χ4n) is 2.38. The molecule has 0 aliphatic heterocycles. The quantitative estimate of drug-likeness (QED) is 0.700. The van der Waals surface area contributed by atoms with Crippen LogP contribution in [0.4, 0.5) is 4.39 Å². The van der Waals surface area contributed by atoms with Crippen molar-refractivity contribution < 1.29 is 9.13 Å². The molecule has 0 fully saturated rings. The van der Waals surface area contributed by atoms with Crippen LogP contribution in [0.2, 0.25) is 0 Å². The van der Waals surface area contributed by atoms with E-state index >= 15 is 0 Å². The van der Waals surface area contributed by atoms with Crippen LogP contribution in [0.15, 0.2) is 55.1 Å². The number of ether oxygens (including phenoxy) is 1. The number of nitrogens with one attached hydrogen (secondary N) is 1.